The van der Waals surface area contributed by atoms with Crippen LogP contribution in [0.1, 0.15) is 0 Å². The van der Waals surface area contributed by atoms with Gasteiger partial charge in [-0.3, -0.25) is 4.79 Å². The lowest BCUT2D eigenvalue weighted by Crippen LogP contribution is -2.41. The molecule has 7 heteroatoms. The van der Waals surface area contributed by atoms with Gasteiger partial charge in [-0.15, -0.1) is 10.2 Å². The van der Waals surface area contributed by atoms with Crippen LogP contribution in [0.15, 0.2) is 52.1 Å². The molecule has 3 aromatic rings. The Bertz CT molecular complexity index is 890. The van der Waals surface area contributed by atoms with Gasteiger partial charge in [0, 0.05) is 18.7 Å². The molecule has 0 radical (unpaired) electrons. The van der Waals surface area contributed by atoms with Gasteiger partial charge in [0.25, 0.3) is 5.22 Å². The van der Waals surface area contributed by atoms with E-state index in [0.717, 1.165) is 16.3 Å². The van der Waals surface area contributed by atoms with Gasteiger partial charge in [0.1, 0.15) is 0 Å². The van der Waals surface area contributed by atoms with Gasteiger partial charge in [-0.1, -0.05) is 42.1 Å². The first-order valence-electron chi connectivity index (χ1n) is 8.10. The summed E-state index contributed by atoms with van der Waals surface area (Å²) in [6.45, 7) is 2.49. The van der Waals surface area contributed by atoms with Crippen LogP contribution in [0.4, 0.5) is 0 Å². The number of rotatable bonds is 4. The number of ether oxygens (including phenoxy) is 1. The summed E-state index contributed by atoms with van der Waals surface area (Å²) in [5.41, 5.74) is 0.873. The standard InChI is InChI=1S/C18H17N3O3S/c22-16(21-7-9-23-10-8-21)12-25-18-20-19-17(24-18)15-6-5-13-3-1-2-4-14(13)11-15/h1-6,11H,7-10,12H2. The summed E-state index contributed by atoms with van der Waals surface area (Å²) >= 11 is 1.27. The molecule has 1 amide bonds. The Kier molecular flexibility index (Phi) is 4.67. The van der Waals surface area contributed by atoms with Crippen molar-refractivity contribution in [3.8, 4) is 11.5 Å². The van der Waals surface area contributed by atoms with E-state index in [2.05, 4.69) is 16.3 Å². The third-order valence-electron chi connectivity index (χ3n) is 4.09. The molecule has 0 bridgehead atoms. The van der Waals surface area contributed by atoms with Crippen LogP contribution < -0.4 is 0 Å². The van der Waals surface area contributed by atoms with Crippen molar-refractivity contribution in [1.29, 1.82) is 0 Å². The van der Waals surface area contributed by atoms with E-state index in [1.165, 1.54) is 11.8 Å². The van der Waals surface area contributed by atoms with Crippen LogP contribution in [-0.4, -0.2) is 53.1 Å². The van der Waals surface area contributed by atoms with Crippen molar-refractivity contribution < 1.29 is 13.9 Å². The zero-order chi connectivity index (χ0) is 17.1. The molecular weight excluding hydrogens is 338 g/mol. The van der Waals surface area contributed by atoms with E-state index in [9.17, 15) is 4.79 Å². The fourth-order valence-corrected chi connectivity index (χ4v) is 3.40. The Morgan fingerprint density at radius 2 is 1.88 bits per heavy atom. The predicted molar refractivity (Wildman–Crippen MR) is 95.4 cm³/mol. The molecule has 0 atom stereocenters. The Hall–Kier alpha value is -2.38. The van der Waals surface area contributed by atoms with Gasteiger partial charge in [-0.2, -0.15) is 0 Å². The number of morpholine rings is 1. The van der Waals surface area contributed by atoms with Crippen molar-refractivity contribution >= 4 is 28.4 Å². The highest BCUT2D eigenvalue weighted by Gasteiger charge is 2.18. The lowest BCUT2D eigenvalue weighted by atomic mass is 10.1. The molecule has 128 valence electrons. The quantitative estimate of drug-likeness (QED) is 0.671. The monoisotopic (exact) mass is 355 g/mol. The van der Waals surface area contributed by atoms with Crippen molar-refractivity contribution in [2.24, 2.45) is 0 Å². The van der Waals surface area contributed by atoms with Crippen molar-refractivity contribution in [2.45, 2.75) is 5.22 Å². The summed E-state index contributed by atoms with van der Waals surface area (Å²) in [7, 11) is 0. The number of carbonyl (C=O) groups is 1. The van der Waals surface area contributed by atoms with E-state index in [-0.39, 0.29) is 5.91 Å². The third kappa shape index (κ3) is 3.67. The average Bonchev–Trinajstić information content (AvgIpc) is 3.15. The minimum Gasteiger partial charge on any atom is -0.411 e. The van der Waals surface area contributed by atoms with Gasteiger partial charge in [0.2, 0.25) is 11.8 Å². The lowest BCUT2D eigenvalue weighted by Gasteiger charge is -2.26. The predicted octanol–water partition coefficient (Wildman–Crippen LogP) is 2.84. The number of benzene rings is 2. The molecule has 1 aliphatic heterocycles. The first-order valence-corrected chi connectivity index (χ1v) is 9.09. The minimum atomic E-state index is 0.0683. The van der Waals surface area contributed by atoms with Gasteiger partial charge < -0.3 is 14.1 Å². The van der Waals surface area contributed by atoms with E-state index in [4.69, 9.17) is 9.15 Å². The highest BCUT2D eigenvalue weighted by atomic mass is 32.2. The number of amides is 1. The number of carbonyl (C=O) groups excluding carboxylic acids is 1. The second kappa shape index (κ2) is 7.25. The molecule has 0 unspecified atom stereocenters. The van der Waals surface area contributed by atoms with E-state index < -0.39 is 0 Å². The molecule has 4 rings (SSSR count). The molecular formula is C18H17N3O3S. The van der Waals surface area contributed by atoms with Gasteiger partial charge in [-0.05, 0) is 22.9 Å². The smallest absolute Gasteiger partial charge is 0.277 e. The average molecular weight is 355 g/mol. The molecule has 2 heterocycles. The van der Waals surface area contributed by atoms with Gasteiger partial charge in [0.15, 0.2) is 0 Å². The Morgan fingerprint density at radius 1 is 1.08 bits per heavy atom. The highest BCUT2D eigenvalue weighted by Crippen LogP contribution is 2.26. The van der Waals surface area contributed by atoms with E-state index >= 15 is 0 Å². The fourth-order valence-electron chi connectivity index (χ4n) is 2.73. The van der Waals surface area contributed by atoms with Crippen molar-refractivity contribution in [3.05, 3.63) is 42.5 Å². The largest absolute Gasteiger partial charge is 0.411 e. The van der Waals surface area contributed by atoms with Gasteiger partial charge in [0.05, 0.1) is 19.0 Å². The summed E-state index contributed by atoms with van der Waals surface area (Å²) in [5, 5.41) is 10.8. The molecule has 25 heavy (non-hydrogen) atoms. The summed E-state index contributed by atoms with van der Waals surface area (Å²) in [5.74, 6) is 0.824. The maximum Gasteiger partial charge on any atom is 0.277 e. The summed E-state index contributed by atoms with van der Waals surface area (Å²) in [6, 6.07) is 14.1. The summed E-state index contributed by atoms with van der Waals surface area (Å²) < 4.78 is 11.0. The van der Waals surface area contributed by atoms with Gasteiger partial charge >= 0.3 is 0 Å². The van der Waals surface area contributed by atoms with Crippen LogP contribution in [0, 0.1) is 0 Å². The molecule has 2 aromatic carbocycles. The van der Waals surface area contributed by atoms with Gasteiger partial charge in [-0.25, -0.2) is 0 Å². The maximum atomic E-state index is 12.2. The Labute approximate surface area is 149 Å². The summed E-state index contributed by atoms with van der Waals surface area (Å²) in [4.78, 5) is 14.0. The lowest BCUT2D eigenvalue weighted by molar-refractivity contribution is -0.132. The van der Waals surface area contributed by atoms with Crippen LogP contribution in [-0.2, 0) is 9.53 Å². The SMILES string of the molecule is O=C(CSc1nnc(-c2ccc3ccccc3c2)o1)N1CCOCC1. The zero-order valence-electron chi connectivity index (χ0n) is 13.6. The van der Waals surface area contributed by atoms with Crippen LogP contribution in [0.2, 0.25) is 0 Å². The number of hydrogen-bond acceptors (Lipinski definition) is 6. The third-order valence-corrected chi connectivity index (χ3v) is 4.89. The van der Waals surface area contributed by atoms with Crippen LogP contribution in [0.3, 0.4) is 0 Å². The second-order valence-electron chi connectivity index (χ2n) is 5.72. The number of fused-ring (bicyclic) bond motifs is 1. The highest BCUT2D eigenvalue weighted by molar-refractivity contribution is 7.99. The molecule has 0 saturated carbocycles. The van der Waals surface area contributed by atoms with Crippen LogP contribution in [0.25, 0.3) is 22.2 Å². The second-order valence-corrected chi connectivity index (χ2v) is 6.64. The maximum absolute atomic E-state index is 12.2. The normalized spacial score (nSPS) is 14.8. The molecule has 0 spiro atoms. The van der Waals surface area contributed by atoms with E-state index in [0.29, 0.717) is 43.2 Å². The molecule has 1 fully saturated rings. The van der Waals surface area contributed by atoms with Crippen LogP contribution in [0.5, 0.6) is 0 Å². The Morgan fingerprint density at radius 3 is 2.72 bits per heavy atom. The minimum absolute atomic E-state index is 0.0683. The summed E-state index contributed by atoms with van der Waals surface area (Å²) in [6.07, 6.45) is 0. The number of hydrogen-bond donors (Lipinski definition) is 0. The number of nitrogens with zero attached hydrogens (tertiary/aromatic N) is 3. The van der Waals surface area contributed by atoms with E-state index in [1.807, 2.05) is 36.4 Å². The molecule has 1 saturated heterocycles. The first kappa shape index (κ1) is 16.1. The van der Waals surface area contributed by atoms with Crippen molar-refractivity contribution in [1.82, 2.24) is 15.1 Å². The molecule has 6 nitrogen and oxygen atoms in total. The van der Waals surface area contributed by atoms with Crippen LogP contribution >= 0.6 is 11.8 Å². The van der Waals surface area contributed by atoms with Crippen molar-refractivity contribution in [3.63, 3.8) is 0 Å². The fraction of sp³-hybridized carbons (Fsp3) is 0.278. The van der Waals surface area contributed by atoms with E-state index in [1.54, 1.807) is 4.90 Å². The molecule has 1 aliphatic rings. The number of thioether (sulfide) groups is 1. The topological polar surface area (TPSA) is 68.5 Å². The van der Waals surface area contributed by atoms with Crippen molar-refractivity contribution in [2.75, 3.05) is 32.1 Å². The molecule has 0 N–H and O–H groups in total. The first-order chi connectivity index (χ1) is 12.3. The zero-order valence-corrected chi connectivity index (χ0v) is 14.4. The molecule has 0 aliphatic carbocycles. The Balaban J connectivity index is 1.43. The molecule has 1 aromatic heterocycles. The number of aromatic nitrogens is 2.